The number of thiazole rings is 1. The summed E-state index contributed by atoms with van der Waals surface area (Å²) in [4.78, 5) is 4.53. The minimum absolute atomic E-state index is 0.670. The van der Waals surface area contributed by atoms with Crippen LogP contribution in [0, 0.1) is 12.3 Å². The highest BCUT2D eigenvalue weighted by molar-refractivity contribution is 7.09. The molecule has 1 atom stereocenters. The first-order valence-corrected chi connectivity index (χ1v) is 7.81. The zero-order valence-electron chi connectivity index (χ0n) is 10.7. The van der Waals surface area contributed by atoms with Gasteiger partial charge in [0.25, 0.3) is 0 Å². The van der Waals surface area contributed by atoms with Crippen molar-refractivity contribution in [2.75, 3.05) is 0 Å². The van der Waals surface area contributed by atoms with Crippen LogP contribution in [0.15, 0.2) is 5.38 Å². The summed E-state index contributed by atoms with van der Waals surface area (Å²) in [5, 5.41) is 7.13. The van der Waals surface area contributed by atoms with E-state index in [0.717, 1.165) is 12.6 Å². The first kappa shape index (κ1) is 11.7. The fraction of sp³-hybridized carbons (Fsp3) is 0.786. The van der Waals surface area contributed by atoms with Crippen LogP contribution in [0.3, 0.4) is 0 Å². The lowest BCUT2D eigenvalue weighted by Crippen LogP contribution is -2.54. The summed E-state index contributed by atoms with van der Waals surface area (Å²) >= 11 is 1.76. The van der Waals surface area contributed by atoms with Crippen molar-refractivity contribution >= 4 is 11.3 Å². The molecule has 2 saturated carbocycles. The van der Waals surface area contributed by atoms with E-state index in [-0.39, 0.29) is 0 Å². The van der Waals surface area contributed by atoms with E-state index >= 15 is 0 Å². The Balaban J connectivity index is 1.55. The summed E-state index contributed by atoms with van der Waals surface area (Å²) in [7, 11) is 0. The van der Waals surface area contributed by atoms with Gasteiger partial charge in [0.2, 0.25) is 0 Å². The van der Waals surface area contributed by atoms with Crippen LogP contribution in [-0.4, -0.2) is 11.0 Å². The van der Waals surface area contributed by atoms with Crippen molar-refractivity contribution in [1.82, 2.24) is 10.3 Å². The second kappa shape index (κ2) is 4.69. The first-order chi connectivity index (χ1) is 8.28. The molecule has 0 aliphatic heterocycles. The number of hydrogen-bond acceptors (Lipinski definition) is 3. The summed E-state index contributed by atoms with van der Waals surface area (Å²) in [5.41, 5.74) is 1.90. The standard InChI is InChI=1S/C14H22N2S/c1-11-16-12(10-17-11)9-15-13-5-8-14(13)6-3-2-4-7-14/h10,13,15H,2-9H2,1H3. The van der Waals surface area contributed by atoms with Crippen molar-refractivity contribution in [2.24, 2.45) is 5.41 Å². The molecule has 0 aromatic carbocycles. The molecule has 1 heterocycles. The number of aromatic nitrogens is 1. The molecule has 0 bridgehead atoms. The second-order valence-corrected chi connectivity index (χ2v) is 6.82. The van der Waals surface area contributed by atoms with Gasteiger partial charge in [-0.2, -0.15) is 0 Å². The van der Waals surface area contributed by atoms with Gasteiger partial charge in [-0.05, 0) is 38.0 Å². The quantitative estimate of drug-likeness (QED) is 0.885. The van der Waals surface area contributed by atoms with E-state index in [4.69, 9.17) is 0 Å². The van der Waals surface area contributed by atoms with Gasteiger partial charge in [-0.25, -0.2) is 4.98 Å². The zero-order chi connectivity index (χ0) is 11.7. The molecule has 1 spiro atoms. The van der Waals surface area contributed by atoms with E-state index in [9.17, 15) is 0 Å². The molecular formula is C14H22N2S. The van der Waals surface area contributed by atoms with Crippen molar-refractivity contribution in [2.45, 2.75) is 64.5 Å². The predicted octanol–water partition coefficient (Wildman–Crippen LogP) is 3.65. The lowest BCUT2D eigenvalue weighted by atomic mass is 9.57. The zero-order valence-corrected chi connectivity index (χ0v) is 11.5. The van der Waals surface area contributed by atoms with Crippen LogP contribution in [0.25, 0.3) is 0 Å². The van der Waals surface area contributed by atoms with Crippen molar-refractivity contribution in [3.8, 4) is 0 Å². The van der Waals surface area contributed by atoms with Crippen molar-refractivity contribution in [3.63, 3.8) is 0 Å². The van der Waals surface area contributed by atoms with E-state index in [0.29, 0.717) is 5.41 Å². The summed E-state index contributed by atoms with van der Waals surface area (Å²) in [6.45, 7) is 3.05. The third-order valence-corrected chi connectivity index (χ3v) is 5.54. The molecule has 1 aromatic rings. The number of nitrogens with zero attached hydrogens (tertiary/aromatic N) is 1. The second-order valence-electron chi connectivity index (χ2n) is 5.75. The Kier molecular flexibility index (Phi) is 3.22. The maximum atomic E-state index is 4.53. The molecule has 2 nitrogen and oxygen atoms in total. The third kappa shape index (κ3) is 2.27. The van der Waals surface area contributed by atoms with E-state index in [1.54, 1.807) is 11.3 Å². The molecule has 2 aliphatic rings. The van der Waals surface area contributed by atoms with Crippen molar-refractivity contribution in [3.05, 3.63) is 16.1 Å². The number of rotatable bonds is 3. The first-order valence-electron chi connectivity index (χ1n) is 6.93. The van der Waals surface area contributed by atoms with Crippen molar-refractivity contribution < 1.29 is 0 Å². The van der Waals surface area contributed by atoms with Gasteiger partial charge in [0.05, 0.1) is 10.7 Å². The van der Waals surface area contributed by atoms with Gasteiger partial charge >= 0.3 is 0 Å². The van der Waals surface area contributed by atoms with Crippen LogP contribution < -0.4 is 5.32 Å². The highest BCUT2D eigenvalue weighted by Crippen LogP contribution is 2.51. The van der Waals surface area contributed by atoms with Crippen LogP contribution in [0.5, 0.6) is 0 Å². The molecule has 1 N–H and O–H groups in total. The van der Waals surface area contributed by atoms with E-state index in [1.807, 2.05) is 0 Å². The molecule has 2 fully saturated rings. The fourth-order valence-electron chi connectivity index (χ4n) is 3.59. The summed E-state index contributed by atoms with van der Waals surface area (Å²) < 4.78 is 0. The molecule has 1 aromatic heterocycles. The van der Waals surface area contributed by atoms with Crippen molar-refractivity contribution in [1.29, 1.82) is 0 Å². The fourth-order valence-corrected chi connectivity index (χ4v) is 4.20. The van der Waals surface area contributed by atoms with E-state index < -0.39 is 0 Å². The highest BCUT2D eigenvalue weighted by Gasteiger charge is 2.46. The summed E-state index contributed by atoms with van der Waals surface area (Å²) in [6, 6.07) is 0.768. The lowest BCUT2D eigenvalue weighted by molar-refractivity contribution is 0.0220. The minimum Gasteiger partial charge on any atom is -0.308 e. The topological polar surface area (TPSA) is 24.9 Å². The monoisotopic (exact) mass is 250 g/mol. The van der Waals surface area contributed by atoms with E-state index in [2.05, 4.69) is 22.6 Å². The normalized spacial score (nSPS) is 27.0. The molecule has 0 radical (unpaired) electrons. The Bertz CT molecular complexity index is 379. The van der Waals surface area contributed by atoms with Gasteiger partial charge in [-0.15, -0.1) is 11.3 Å². The molecule has 0 saturated heterocycles. The van der Waals surface area contributed by atoms with Gasteiger partial charge < -0.3 is 5.32 Å². The minimum atomic E-state index is 0.670. The largest absolute Gasteiger partial charge is 0.308 e. The average Bonchev–Trinajstić information content (AvgIpc) is 2.75. The van der Waals surface area contributed by atoms with E-state index in [1.165, 1.54) is 55.6 Å². The Hall–Kier alpha value is -0.410. The van der Waals surface area contributed by atoms with Gasteiger partial charge in [0.1, 0.15) is 0 Å². The lowest BCUT2D eigenvalue weighted by Gasteiger charge is -2.52. The molecule has 94 valence electrons. The van der Waals surface area contributed by atoms with Crippen LogP contribution in [-0.2, 0) is 6.54 Å². The Morgan fingerprint density at radius 2 is 2.18 bits per heavy atom. The predicted molar refractivity (Wildman–Crippen MR) is 72.2 cm³/mol. The average molecular weight is 250 g/mol. The summed E-state index contributed by atoms with van der Waals surface area (Å²) in [6.07, 6.45) is 10.1. The Morgan fingerprint density at radius 1 is 1.35 bits per heavy atom. The molecule has 1 unspecified atom stereocenters. The molecule has 3 heteroatoms. The van der Waals surface area contributed by atoms with Gasteiger partial charge in [0.15, 0.2) is 0 Å². The van der Waals surface area contributed by atoms with Gasteiger partial charge in [-0.3, -0.25) is 0 Å². The Morgan fingerprint density at radius 3 is 2.76 bits per heavy atom. The number of nitrogens with one attached hydrogen (secondary N) is 1. The van der Waals surface area contributed by atoms with Crippen LogP contribution in [0.2, 0.25) is 0 Å². The summed E-state index contributed by atoms with van der Waals surface area (Å²) in [5.74, 6) is 0. The Labute approximate surface area is 108 Å². The number of hydrogen-bond donors (Lipinski definition) is 1. The highest BCUT2D eigenvalue weighted by atomic mass is 32.1. The SMILES string of the molecule is Cc1nc(CNC2CCC23CCCCC3)cs1. The molecule has 17 heavy (non-hydrogen) atoms. The van der Waals surface area contributed by atoms with Gasteiger partial charge in [0, 0.05) is 18.0 Å². The van der Waals surface area contributed by atoms with Crippen LogP contribution in [0.1, 0.15) is 55.6 Å². The molecule has 3 rings (SSSR count). The molecule has 2 aliphatic carbocycles. The third-order valence-electron chi connectivity index (χ3n) is 4.72. The molecule has 0 amide bonds. The van der Waals surface area contributed by atoms with Crippen LogP contribution in [0.4, 0.5) is 0 Å². The van der Waals surface area contributed by atoms with Crippen LogP contribution >= 0.6 is 11.3 Å². The number of aryl methyl sites for hydroxylation is 1. The maximum absolute atomic E-state index is 4.53. The maximum Gasteiger partial charge on any atom is 0.0897 e. The van der Waals surface area contributed by atoms with Gasteiger partial charge in [-0.1, -0.05) is 19.3 Å². The smallest absolute Gasteiger partial charge is 0.0897 e. The molecular weight excluding hydrogens is 228 g/mol.